The van der Waals surface area contributed by atoms with Crippen molar-refractivity contribution in [3.8, 4) is 17.0 Å². The highest BCUT2D eigenvalue weighted by molar-refractivity contribution is 5.99. The third-order valence-corrected chi connectivity index (χ3v) is 2.09. The lowest BCUT2D eigenvalue weighted by Crippen LogP contribution is -2.01. The molecule has 82 valence electrons. The molecule has 0 unspecified atom stereocenters. The van der Waals surface area contributed by atoms with Crippen LogP contribution in [0.4, 0.5) is 5.88 Å². The van der Waals surface area contributed by atoms with Crippen LogP contribution < -0.4 is 5.73 Å². The molecule has 1 aromatic heterocycles. The van der Waals surface area contributed by atoms with Crippen LogP contribution in [0.25, 0.3) is 11.3 Å². The average molecular weight is 220 g/mol. The minimum atomic E-state index is -1.25. The van der Waals surface area contributed by atoms with Crippen molar-refractivity contribution in [2.75, 3.05) is 5.73 Å². The van der Waals surface area contributed by atoms with E-state index in [0.717, 1.165) is 0 Å². The van der Waals surface area contributed by atoms with E-state index in [4.69, 9.17) is 10.8 Å². The van der Waals surface area contributed by atoms with Gasteiger partial charge in [0.2, 0.25) is 5.88 Å². The quantitative estimate of drug-likeness (QED) is 0.704. The second-order valence-electron chi connectivity index (χ2n) is 3.09. The highest BCUT2D eigenvalue weighted by Gasteiger charge is 2.23. The molecule has 2 aromatic rings. The van der Waals surface area contributed by atoms with Crippen molar-refractivity contribution in [2.24, 2.45) is 0 Å². The number of para-hydroxylation sites is 1. The predicted octanol–water partition coefficient (Wildman–Crippen LogP) is 1.33. The Kier molecular flexibility index (Phi) is 2.24. The number of benzene rings is 1. The van der Waals surface area contributed by atoms with Crippen LogP contribution in [-0.2, 0) is 0 Å². The van der Waals surface area contributed by atoms with Gasteiger partial charge < -0.3 is 20.5 Å². The molecule has 0 fully saturated rings. The standard InChI is InChI=1S/C10H8N2O4/c11-9-7(10(14)15)8(12-16-9)5-3-1-2-4-6(5)13/h1-4,13H,11H2,(H,14,15). The highest BCUT2D eigenvalue weighted by Crippen LogP contribution is 2.32. The summed E-state index contributed by atoms with van der Waals surface area (Å²) in [6.07, 6.45) is 0. The third-order valence-electron chi connectivity index (χ3n) is 2.09. The number of hydrogen-bond acceptors (Lipinski definition) is 5. The number of carboxylic acid groups (broad SMARTS) is 1. The zero-order valence-corrected chi connectivity index (χ0v) is 8.04. The summed E-state index contributed by atoms with van der Waals surface area (Å²) in [6, 6.07) is 6.21. The third kappa shape index (κ3) is 1.46. The van der Waals surface area contributed by atoms with Gasteiger partial charge >= 0.3 is 5.97 Å². The van der Waals surface area contributed by atoms with E-state index < -0.39 is 5.97 Å². The maximum Gasteiger partial charge on any atom is 0.343 e. The number of nitrogens with zero attached hydrogens (tertiary/aromatic N) is 1. The van der Waals surface area contributed by atoms with Gasteiger partial charge in [-0.3, -0.25) is 0 Å². The van der Waals surface area contributed by atoms with Crippen molar-refractivity contribution in [2.45, 2.75) is 0 Å². The van der Waals surface area contributed by atoms with Crippen LogP contribution in [0.1, 0.15) is 10.4 Å². The fourth-order valence-electron chi connectivity index (χ4n) is 1.37. The number of carbonyl (C=O) groups is 1. The number of aromatic carboxylic acids is 1. The number of rotatable bonds is 2. The van der Waals surface area contributed by atoms with Crippen molar-refractivity contribution >= 4 is 11.9 Å². The van der Waals surface area contributed by atoms with Crippen LogP contribution in [0, 0.1) is 0 Å². The van der Waals surface area contributed by atoms with Gasteiger partial charge in [0.1, 0.15) is 11.4 Å². The molecule has 0 atom stereocenters. The molecule has 16 heavy (non-hydrogen) atoms. The van der Waals surface area contributed by atoms with Gasteiger partial charge in [-0.1, -0.05) is 17.3 Å². The van der Waals surface area contributed by atoms with Crippen molar-refractivity contribution in [3.05, 3.63) is 29.8 Å². The lowest BCUT2D eigenvalue weighted by atomic mass is 10.1. The largest absolute Gasteiger partial charge is 0.507 e. The highest BCUT2D eigenvalue weighted by atomic mass is 16.5. The Morgan fingerprint density at radius 1 is 1.38 bits per heavy atom. The first kappa shape index (κ1) is 10.0. The van der Waals surface area contributed by atoms with E-state index in [0.29, 0.717) is 0 Å². The number of nitrogens with two attached hydrogens (primary N) is 1. The van der Waals surface area contributed by atoms with Crippen LogP contribution in [-0.4, -0.2) is 21.3 Å². The number of aromatic nitrogens is 1. The Labute approximate surface area is 89.9 Å². The molecule has 6 nitrogen and oxygen atoms in total. The maximum absolute atomic E-state index is 10.9. The summed E-state index contributed by atoms with van der Waals surface area (Å²) in [4.78, 5) is 10.9. The summed E-state index contributed by atoms with van der Waals surface area (Å²) in [6.45, 7) is 0. The topological polar surface area (TPSA) is 110 Å². The first-order valence-corrected chi connectivity index (χ1v) is 4.38. The number of hydrogen-bond donors (Lipinski definition) is 3. The van der Waals surface area contributed by atoms with Crippen molar-refractivity contribution in [3.63, 3.8) is 0 Å². The summed E-state index contributed by atoms with van der Waals surface area (Å²) in [5, 5.41) is 22.0. The number of phenolic OH excluding ortho intramolecular Hbond substituents is 1. The number of phenols is 1. The van der Waals surface area contributed by atoms with E-state index in [1.54, 1.807) is 12.1 Å². The van der Waals surface area contributed by atoms with Gasteiger partial charge in [0.25, 0.3) is 0 Å². The van der Waals surface area contributed by atoms with Gasteiger partial charge in [-0.15, -0.1) is 0 Å². The Balaban J connectivity index is 2.66. The van der Waals surface area contributed by atoms with Gasteiger partial charge in [0, 0.05) is 5.56 Å². The van der Waals surface area contributed by atoms with E-state index in [2.05, 4.69) is 9.68 Å². The van der Waals surface area contributed by atoms with Crippen molar-refractivity contribution < 1.29 is 19.5 Å². The smallest absolute Gasteiger partial charge is 0.343 e. The minimum Gasteiger partial charge on any atom is -0.507 e. The zero-order chi connectivity index (χ0) is 11.7. The maximum atomic E-state index is 10.9. The first-order chi connectivity index (χ1) is 7.61. The molecule has 0 spiro atoms. The summed E-state index contributed by atoms with van der Waals surface area (Å²) in [5.74, 6) is -1.62. The van der Waals surface area contributed by atoms with Crippen LogP contribution in [0.2, 0.25) is 0 Å². The predicted molar refractivity (Wildman–Crippen MR) is 55.0 cm³/mol. The van der Waals surface area contributed by atoms with Crippen LogP contribution >= 0.6 is 0 Å². The van der Waals surface area contributed by atoms with Gasteiger partial charge in [-0.2, -0.15) is 0 Å². The van der Waals surface area contributed by atoms with E-state index >= 15 is 0 Å². The Morgan fingerprint density at radius 2 is 2.06 bits per heavy atom. The Morgan fingerprint density at radius 3 is 2.69 bits per heavy atom. The molecule has 0 saturated heterocycles. The first-order valence-electron chi connectivity index (χ1n) is 4.38. The lowest BCUT2D eigenvalue weighted by molar-refractivity contribution is 0.0698. The molecule has 0 aliphatic heterocycles. The minimum absolute atomic E-state index is 0.0168. The second-order valence-corrected chi connectivity index (χ2v) is 3.09. The number of anilines is 1. The lowest BCUT2D eigenvalue weighted by Gasteiger charge is -2.00. The molecule has 6 heteroatoms. The number of aromatic hydroxyl groups is 1. The van der Waals surface area contributed by atoms with Crippen molar-refractivity contribution in [1.82, 2.24) is 5.16 Å². The van der Waals surface area contributed by atoms with E-state index in [1.165, 1.54) is 12.1 Å². The van der Waals surface area contributed by atoms with Gasteiger partial charge in [0.05, 0.1) is 0 Å². The van der Waals surface area contributed by atoms with E-state index in [9.17, 15) is 9.90 Å². The SMILES string of the molecule is Nc1onc(-c2ccccc2O)c1C(=O)O. The molecular weight excluding hydrogens is 212 g/mol. The number of nitrogen functional groups attached to an aromatic ring is 1. The molecule has 0 aliphatic rings. The molecule has 2 rings (SSSR count). The molecule has 0 amide bonds. The van der Waals surface area contributed by atoms with E-state index in [-0.39, 0.29) is 28.5 Å². The Bertz CT molecular complexity index is 548. The van der Waals surface area contributed by atoms with Crippen LogP contribution in [0.15, 0.2) is 28.8 Å². The molecule has 1 heterocycles. The average Bonchev–Trinajstić information content (AvgIpc) is 2.61. The monoisotopic (exact) mass is 220 g/mol. The van der Waals surface area contributed by atoms with Crippen LogP contribution in [0.3, 0.4) is 0 Å². The normalized spacial score (nSPS) is 10.2. The molecule has 0 radical (unpaired) electrons. The summed E-state index contributed by atoms with van der Waals surface area (Å²) in [5.41, 5.74) is 5.37. The second kappa shape index (κ2) is 3.58. The summed E-state index contributed by atoms with van der Waals surface area (Å²) < 4.78 is 4.60. The Hall–Kier alpha value is -2.50. The van der Waals surface area contributed by atoms with Gasteiger partial charge in [-0.25, -0.2) is 4.79 Å². The fraction of sp³-hybridized carbons (Fsp3) is 0. The van der Waals surface area contributed by atoms with Gasteiger partial charge in [0.15, 0.2) is 5.56 Å². The summed E-state index contributed by atoms with van der Waals surface area (Å²) >= 11 is 0. The molecule has 0 bridgehead atoms. The zero-order valence-electron chi connectivity index (χ0n) is 8.04. The van der Waals surface area contributed by atoms with Crippen LogP contribution in [0.5, 0.6) is 5.75 Å². The molecule has 0 saturated carbocycles. The molecule has 0 aliphatic carbocycles. The summed E-state index contributed by atoms with van der Waals surface area (Å²) in [7, 11) is 0. The fourth-order valence-corrected chi connectivity index (χ4v) is 1.37. The van der Waals surface area contributed by atoms with E-state index in [1.807, 2.05) is 0 Å². The molecular formula is C10H8N2O4. The van der Waals surface area contributed by atoms with Crippen molar-refractivity contribution in [1.29, 1.82) is 0 Å². The van der Waals surface area contributed by atoms with Gasteiger partial charge in [-0.05, 0) is 12.1 Å². The number of carboxylic acids is 1. The molecule has 4 N–H and O–H groups in total. The molecule has 1 aromatic carbocycles.